The molecule has 112 valence electrons. The average Bonchev–Trinajstić information content (AvgIpc) is 2.91. The zero-order valence-electron chi connectivity index (χ0n) is 11.2. The molecule has 0 aliphatic carbocycles. The average molecular weight is 304 g/mol. The summed E-state index contributed by atoms with van der Waals surface area (Å²) in [5, 5.41) is 3.37. The zero-order chi connectivity index (χ0) is 14.8. The van der Waals surface area contributed by atoms with Crippen molar-refractivity contribution in [3.63, 3.8) is 0 Å². The van der Waals surface area contributed by atoms with Gasteiger partial charge in [-0.15, -0.1) is 0 Å². The summed E-state index contributed by atoms with van der Waals surface area (Å²) in [5.41, 5.74) is 0.812. The summed E-state index contributed by atoms with van der Waals surface area (Å²) in [7, 11) is -2.61. The first-order valence-corrected chi connectivity index (χ1v) is 8.02. The number of nitrogens with one attached hydrogen (secondary N) is 1. The lowest BCUT2D eigenvalue weighted by molar-refractivity contribution is 0.234. The molecule has 1 aliphatic rings. The van der Waals surface area contributed by atoms with Gasteiger partial charge in [-0.1, -0.05) is 0 Å². The number of hydrogen-bond donors (Lipinski definition) is 1. The predicted molar refractivity (Wildman–Crippen MR) is 73.9 cm³/mol. The molecule has 1 N–H and O–H groups in total. The molecule has 1 aliphatic heterocycles. The summed E-state index contributed by atoms with van der Waals surface area (Å²) in [5.74, 6) is -3.38. The van der Waals surface area contributed by atoms with E-state index in [0.29, 0.717) is 6.04 Å². The number of sulfone groups is 1. The van der Waals surface area contributed by atoms with Gasteiger partial charge in [0, 0.05) is 25.3 Å². The van der Waals surface area contributed by atoms with E-state index in [2.05, 4.69) is 5.32 Å². The summed E-state index contributed by atoms with van der Waals surface area (Å²) < 4.78 is 47.5. The molecule has 1 aromatic rings. The minimum atomic E-state index is -4.51. The smallest absolute Gasteiger partial charge is 0.341 e. The second kappa shape index (κ2) is 6.05. The second-order valence-corrected chi connectivity index (χ2v) is 6.89. The summed E-state index contributed by atoms with van der Waals surface area (Å²) in [6.07, 6.45) is 2.27. The van der Waals surface area contributed by atoms with E-state index in [1.54, 1.807) is 12.1 Å². The number of nitrogens with zero attached hydrogens (tertiary/aromatic N) is 1. The Hall–Kier alpha value is -1.21. The molecule has 1 saturated heterocycles. The number of halogens is 2. The minimum Gasteiger partial charge on any atom is -0.373 e. The molecule has 1 aromatic carbocycles. The molecular weight excluding hydrogens is 286 g/mol. The molecule has 4 nitrogen and oxygen atoms in total. The van der Waals surface area contributed by atoms with Crippen molar-refractivity contribution in [2.24, 2.45) is 0 Å². The maximum Gasteiger partial charge on any atom is 0.341 e. The van der Waals surface area contributed by atoms with E-state index in [0.717, 1.165) is 31.6 Å². The van der Waals surface area contributed by atoms with Gasteiger partial charge in [0.15, 0.2) is 0 Å². The van der Waals surface area contributed by atoms with E-state index in [-0.39, 0.29) is 4.90 Å². The molecule has 0 spiro atoms. The molecule has 0 bridgehead atoms. The highest BCUT2D eigenvalue weighted by atomic mass is 32.2. The molecule has 0 aromatic heterocycles. The first-order chi connectivity index (χ1) is 9.41. The highest BCUT2D eigenvalue weighted by Gasteiger charge is 2.26. The van der Waals surface area contributed by atoms with Crippen molar-refractivity contribution < 1.29 is 17.2 Å². The van der Waals surface area contributed by atoms with E-state index in [9.17, 15) is 17.2 Å². The van der Waals surface area contributed by atoms with Gasteiger partial charge in [0.2, 0.25) is 9.84 Å². The maximum atomic E-state index is 12.4. The first kappa shape index (κ1) is 15.2. The largest absolute Gasteiger partial charge is 0.373 e. The first-order valence-electron chi connectivity index (χ1n) is 6.48. The highest BCUT2D eigenvalue weighted by Crippen LogP contribution is 2.22. The predicted octanol–water partition coefficient (Wildman–Crippen LogP) is 1.87. The monoisotopic (exact) mass is 304 g/mol. The van der Waals surface area contributed by atoms with Crippen LogP contribution in [-0.4, -0.2) is 40.4 Å². The lowest BCUT2D eigenvalue weighted by Gasteiger charge is -2.23. The van der Waals surface area contributed by atoms with Crippen LogP contribution >= 0.6 is 0 Å². The van der Waals surface area contributed by atoms with E-state index < -0.39 is 15.6 Å². The van der Waals surface area contributed by atoms with Crippen LogP contribution in [0.2, 0.25) is 0 Å². The van der Waals surface area contributed by atoms with Crippen molar-refractivity contribution in [1.29, 1.82) is 0 Å². The molecule has 1 unspecified atom stereocenters. The van der Waals surface area contributed by atoms with Crippen molar-refractivity contribution in [1.82, 2.24) is 5.32 Å². The van der Waals surface area contributed by atoms with Crippen LogP contribution < -0.4 is 10.2 Å². The van der Waals surface area contributed by atoms with E-state index in [1.807, 2.05) is 11.9 Å². The van der Waals surface area contributed by atoms with E-state index in [4.69, 9.17) is 0 Å². The van der Waals surface area contributed by atoms with Gasteiger partial charge in [0.1, 0.15) is 0 Å². The van der Waals surface area contributed by atoms with Gasteiger partial charge in [0.05, 0.1) is 4.90 Å². The van der Waals surface area contributed by atoms with Crippen LogP contribution in [-0.2, 0) is 9.84 Å². The fourth-order valence-electron chi connectivity index (χ4n) is 2.34. The highest BCUT2D eigenvalue weighted by molar-refractivity contribution is 7.91. The van der Waals surface area contributed by atoms with Crippen LogP contribution in [0.3, 0.4) is 0 Å². The lowest BCUT2D eigenvalue weighted by atomic mass is 10.2. The van der Waals surface area contributed by atoms with Gasteiger partial charge >= 0.3 is 5.76 Å². The molecule has 1 fully saturated rings. The molecule has 0 saturated carbocycles. The van der Waals surface area contributed by atoms with Crippen LogP contribution in [0.5, 0.6) is 0 Å². The van der Waals surface area contributed by atoms with Crippen molar-refractivity contribution >= 4 is 15.5 Å². The Morgan fingerprint density at radius 2 is 2.00 bits per heavy atom. The van der Waals surface area contributed by atoms with Crippen LogP contribution in [0.15, 0.2) is 29.2 Å². The Balaban J connectivity index is 2.07. The molecular formula is C13H18F2N2O2S. The van der Waals surface area contributed by atoms with Crippen molar-refractivity contribution in [2.45, 2.75) is 29.5 Å². The van der Waals surface area contributed by atoms with Crippen molar-refractivity contribution in [3.8, 4) is 0 Å². The fraction of sp³-hybridized carbons (Fsp3) is 0.538. The maximum absolute atomic E-state index is 12.4. The molecule has 1 atom stereocenters. The quantitative estimate of drug-likeness (QED) is 0.902. The zero-order valence-corrected chi connectivity index (χ0v) is 12.0. The third kappa shape index (κ3) is 3.27. The molecule has 0 amide bonds. The van der Waals surface area contributed by atoms with Gasteiger partial charge in [-0.05, 0) is 43.7 Å². The second-order valence-electron chi connectivity index (χ2n) is 4.97. The van der Waals surface area contributed by atoms with Crippen LogP contribution in [0.4, 0.5) is 14.5 Å². The summed E-state index contributed by atoms with van der Waals surface area (Å²) in [6.45, 7) is 1.82. The number of anilines is 1. The standard InChI is InChI=1S/C13H18F2N2O2S/c1-17(9-10-3-2-8-16-10)11-4-6-12(7-5-11)20(18,19)13(14)15/h4-7,10,13,16H,2-3,8-9H2,1H3. The SMILES string of the molecule is CN(CC1CCCN1)c1ccc(S(=O)(=O)C(F)F)cc1. The van der Waals surface area contributed by atoms with Crippen molar-refractivity contribution in [3.05, 3.63) is 24.3 Å². The Bertz CT molecular complexity index is 540. The number of likely N-dealkylation sites (N-methyl/N-ethyl adjacent to an activating group) is 1. The number of rotatable bonds is 5. The summed E-state index contributed by atoms with van der Waals surface area (Å²) in [6, 6.07) is 6.00. The van der Waals surface area contributed by atoms with E-state index in [1.165, 1.54) is 12.1 Å². The van der Waals surface area contributed by atoms with Gasteiger partial charge in [-0.2, -0.15) is 8.78 Å². The molecule has 20 heavy (non-hydrogen) atoms. The topological polar surface area (TPSA) is 49.4 Å². The van der Waals surface area contributed by atoms with Gasteiger partial charge in [0.25, 0.3) is 0 Å². The van der Waals surface area contributed by atoms with Gasteiger partial charge < -0.3 is 10.2 Å². The normalized spacial score (nSPS) is 19.5. The van der Waals surface area contributed by atoms with Gasteiger partial charge in [-0.25, -0.2) is 8.42 Å². The third-order valence-electron chi connectivity index (χ3n) is 3.50. The number of alkyl halides is 2. The Morgan fingerprint density at radius 3 is 2.50 bits per heavy atom. The third-order valence-corrected chi connectivity index (χ3v) is 4.90. The summed E-state index contributed by atoms with van der Waals surface area (Å²) in [4.78, 5) is 1.64. The molecule has 7 heteroatoms. The number of hydrogen-bond acceptors (Lipinski definition) is 4. The Labute approximate surface area is 117 Å². The van der Waals surface area contributed by atoms with Crippen molar-refractivity contribution in [2.75, 3.05) is 25.0 Å². The van der Waals surface area contributed by atoms with Crippen LogP contribution in [0, 0.1) is 0 Å². The fourth-order valence-corrected chi connectivity index (χ4v) is 3.06. The molecule has 1 heterocycles. The van der Waals surface area contributed by atoms with Gasteiger partial charge in [-0.3, -0.25) is 0 Å². The van der Waals surface area contributed by atoms with Crippen LogP contribution in [0.25, 0.3) is 0 Å². The Morgan fingerprint density at radius 1 is 1.35 bits per heavy atom. The minimum absolute atomic E-state index is 0.344. The molecule has 0 radical (unpaired) electrons. The number of benzene rings is 1. The van der Waals surface area contributed by atoms with E-state index >= 15 is 0 Å². The van der Waals surface area contributed by atoms with Crippen LogP contribution in [0.1, 0.15) is 12.8 Å². The lowest BCUT2D eigenvalue weighted by Crippen LogP contribution is -2.35. The summed E-state index contributed by atoms with van der Waals surface area (Å²) >= 11 is 0. The molecule has 2 rings (SSSR count). The Kier molecular flexibility index (Phi) is 4.59.